The van der Waals surface area contributed by atoms with Gasteiger partial charge < -0.3 is 14.8 Å². The van der Waals surface area contributed by atoms with E-state index in [0.29, 0.717) is 12.6 Å². The molecule has 0 bridgehead atoms. The van der Waals surface area contributed by atoms with Crippen LogP contribution in [0.2, 0.25) is 0 Å². The monoisotopic (exact) mass is 435 g/mol. The number of aromatic nitrogens is 3. The first-order valence-corrected chi connectivity index (χ1v) is 10.6. The summed E-state index contributed by atoms with van der Waals surface area (Å²) in [6.45, 7) is 1.64. The summed E-state index contributed by atoms with van der Waals surface area (Å²) in [5, 5.41) is 10.1. The first kappa shape index (κ1) is 21.5. The molecule has 4 aromatic rings. The summed E-state index contributed by atoms with van der Waals surface area (Å²) in [4.78, 5) is 27.6. The molecule has 1 aliphatic heterocycles. The summed E-state index contributed by atoms with van der Waals surface area (Å²) in [7, 11) is 2.41. The quantitative estimate of drug-likeness (QED) is 0.529. The lowest BCUT2D eigenvalue weighted by Crippen LogP contribution is -2.34. The van der Waals surface area contributed by atoms with Crippen molar-refractivity contribution in [2.75, 3.05) is 25.6 Å². The van der Waals surface area contributed by atoms with Crippen molar-refractivity contribution in [3.63, 3.8) is 0 Å². The van der Waals surface area contributed by atoms with Crippen molar-refractivity contribution < 1.29 is 9.18 Å². The van der Waals surface area contributed by atoms with Crippen LogP contribution >= 0.6 is 0 Å². The fraction of sp³-hybridized carbons (Fsp3) is 0.292. The number of fused-ring (bicyclic) bond motifs is 2. The van der Waals surface area contributed by atoms with Crippen molar-refractivity contribution in [2.24, 2.45) is 7.05 Å². The molecule has 5 rings (SSSR count). The van der Waals surface area contributed by atoms with E-state index in [1.54, 1.807) is 6.20 Å². The van der Waals surface area contributed by atoms with E-state index in [2.05, 4.69) is 10.4 Å². The number of carbonyl (C=O) groups excluding carboxylic acids is 1. The predicted octanol–water partition coefficient (Wildman–Crippen LogP) is 3.84. The number of aryl methyl sites for hydroxylation is 1. The van der Waals surface area contributed by atoms with Gasteiger partial charge in [0.2, 0.25) is 5.91 Å². The Morgan fingerprint density at radius 3 is 2.66 bits per heavy atom. The zero-order valence-electron chi connectivity index (χ0n) is 18.2. The average molecular weight is 436 g/mol. The highest BCUT2D eigenvalue weighted by molar-refractivity contribution is 5.95. The highest BCUT2D eigenvalue weighted by atomic mass is 19.1. The van der Waals surface area contributed by atoms with Crippen LogP contribution in [0.25, 0.3) is 21.7 Å². The lowest BCUT2D eigenvalue weighted by Gasteiger charge is -2.17. The van der Waals surface area contributed by atoms with Gasteiger partial charge in [-0.1, -0.05) is 12.1 Å². The van der Waals surface area contributed by atoms with Crippen LogP contribution < -0.4 is 10.9 Å². The van der Waals surface area contributed by atoms with Crippen molar-refractivity contribution in [3.8, 4) is 0 Å². The molecule has 0 atom stereocenters. The molecule has 1 fully saturated rings. The number of rotatable bonds is 4. The first-order chi connectivity index (χ1) is 15.6. The lowest BCUT2D eigenvalue weighted by molar-refractivity contribution is -0.130. The Morgan fingerprint density at radius 1 is 1.09 bits per heavy atom. The van der Waals surface area contributed by atoms with Crippen LogP contribution in [-0.4, -0.2) is 45.4 Å². The summed E-state index contributed by atoms with van der Waals surface area (Å²) >= 11 is 0. The number of likely N-dealkylation sites (tertiary alicyclic amines) is 1. The van der Waals surface area contributed by atoms with Gasteiger partial charge in [-0.25, -0.2) is 0 Å². The molecule has 7 nitrogen and oxygen atoms in total. The molecule has 0 spiro atoms. The first-order valence-electron chi connectivity index (χ1n) is 10.6. The Bertz CT molecular complexity index is 1320. The molecule has 3 heterocycles. The maximum atomic E-state index is 13.2. The minimum Gasteiger partial charge on any atom is -0.355 e. The van der Waals surface area contributed by atoms with Crippen molar-refractivity contribution in [3.05, 3.63) is 65.2 Å². The third-order valence-electron chi connectivity index (χ3n) is 5.80. The van der Waals surface area contributed by atoms with Crippen LogP contribution in [0.3, 0.4) is 0 Å². The third-order valence-corrected chi connectivity index (χ3v) is 5.80. The number of carbonyl (C=O) groups is 1. The largest absolute Gasteiger partial charge is 0.355 e. The van der Waals surface area contributed by atoms with E-state index in [1.165, 1.54) is 4.57 Å². The van der Waals surface area contributed by atoms with E-state index in [9.17, 15) is 14.0 Å². The van der Waals surface area contributed by atoms with Gasteiger partial charge in [-0.05, 0) is 48.6 Å². The number of alkyl halides is 1. The zero-order valence-corrected chi connectivity index (χ0v) is 18.2. The molecule has 2 aromatic carbocycles. The van der Waals surface area contributed by atoms with Gasteiger partial charge in [-0.15, -0.1) is 0 Å². The van der Waals surface area contributed by atoms with Crippen LogP contribution in [0.15, 0.2) is 59.7 Å². The molecule has 1 aliphatic rings. The van der Waals surface area contributed by atoms with E-state index in [1.807, 2.05) is 65.3 Å². The van der Waals surface area contributed by atoms with Crippen LogP contribution in [0.1, 0.15) is 12.8 Å². The standard InChI is InChI=1S/C23H23N5O2.CH3F/c1-26-20-8-7-18(13-17(20)14-24-26)25-19-6-4-5-16-9-12-28(23(30)22(16)19)15-21(29)27-10-2-3-11-27;1-2/h4-9,12-14,25H,2-3,10-11,15H2,1H3;1H3. The summed E-state index contributed by atoms with van der Waals surface area (Å²) in [5.74, 6) is 0.00131. The normalized spacial score (nSPS) is 13.3. The number of amides is 1. The average Bonchev–Trinajstić information content (AvgIpc) is 3.48. The molecule has 0 aliphatic carbocycles. The number of hydrogen-bond donors (Lipinski definition) is 1. The SMILES string of the molecule is CF.Cn1ncc2cc(Nc3cccc4ccn(CC(=O)N5CCCC5)c(=O)c34)ccc21. The number of halogens is 1. The molecule has 166 valence electrons. The van der Waals surface area contributed by atoms with Gasteiger partial charge in [0.25, 0.3) is 5.56 Å². The highest BCUT2D eigenvalue weighted by Gasteiger charge is 2.19. The van der Waals surface area contributed by atoms with Crippen molar-refractivity contribution >= 4 is 39.0 Å². The second-order valence-corrected chi connectivity index (χ2v) is 7.77. The molecule has 1 N–H and O–H groups in total. The number of hydrogen-bond acceptors (Lipinski definition) is 4. The van der Waals surface area contributed by atoms with Gasteiger partial charge in [-0.2, -0.15) is 5.10 Å². The molecule has 1 amide bonds. The molecule has 8 heteroatoms. The Balaban J connectivity index is 0.00000119. The lowest BCUT2D eigenvalue weighted by atomic mass is 10.1. The molecule has 0 saturated carbocycles. The zero-order chi connectivity index (χ0) is 22.7. The van der Waals surface area contributed by atoms with Gasteiger partial charge in [0, 0.05) is 37.4 Å². The molecular formula is C24H26FN5O2. The van der Waals surface area contributed by atoms with E-state index in [-0.39, 0.29) is 18.0 Å². The number of nitrogens with zero attached hydrogens (tertiary/aromatic N) is 4. The number of nitrogens with one attached hydrogen (secondary N) is 1. The van der Waals surface area contributed by atoms with Crippen LogP contribution in [0.4, 0.5) is 15.8 Å². The summed E-state index contributed by atoms with van der Waals surface area (Å²) < 4.78 is 12.8. The van der Waals surface area contributed by atoms with E-state index >= 15 is 0 Å². The maximum Gasteiger partial charge on any atom is 0.261 e. The summed E-state index contributed by atoms with van der Waals surface area (Å²) in [5.41, 5.74) is 2.49. The fourth-order valence-electron chi connectivity index (χ4n) is 4.17. The molecule has 0 radical (unpaired) electrons. The second kappa shape index (κ2) is 9.21. The Morgan fingerprint density at radius 2 is 1.88 bits per heavy atom. The summed E-state index contributed by atoms with van der Waals surface area (Å²) in [6, 6.07) is 13.6. The molecule has 32 heavy (non-hydrogen) atoms. The Kier molecular flexibility index (Phi) is 6.20. The number of benzene rings is 2. The summed E-state index contributed by atoms with van der Waals surface area (Å²) in [6.07, 6.45) is 5.60. The Labute approximate surface area is 185 Å². The fourth-order valence-corrected chi connectivity index (χ4v) is 4.17. The maximum absolute atomic E-state index is 13.2. The molecule has 1 saturated heterocycles. The van der Waals surface area contributed by atoms with E-state index in [0.717, 1.165) is 53.6 Å². The molecular weight excluding hydrogens is 409 g/mol. The van der Waals surface area contributed by atoms with E-state index in [4.69, 9.17) is 0 Å². The number of pyridine rings is 1. The van der Waals surface area contributed by atoms with Gasteiger partial charge in [0.1, 0.15) is 6.54 Å². The third kappa shape index (κ3) is 4.08. The van der Waals surface area contributed by atoms with Gasteiger partial charge in [0.15, 0.2) is 0 Å². The van der Waals surface area contributed by atoms with E-state index < -0.39 is 0 Å². The molecule has 0 unspecified atom stereocenters. The second-order valence-electron chi connectivity index (χ2n) is 7.77. The predicted molar refractivity (Wildman–Crippen MR) is 125 cm³/mol. The minimum atomic E-state index is -0.161. The van der Waals surface area contributed by atoms with Gasteiger partial charge in [-0.3, -0.25) is 18.7 Å². The minimum absolute atomic E-state index is 0.00131. The van der Waals surface area contributed by atoms with Gasteiger partial charge >= 0.3 is 0 Å². The smallest absolute Gasteiger partial charge is 0.261 e. The van der Waals surface area contributed by atoms with Gasteiger partial charge in [0.05, 0.1) is 30.0 Å². The van der Waals surface area contributed by atoms with Crippen molar-refractivity contribution in [1.82, 2.24) is 19.2 Å². The van der Waals surface area contributed by atoms with Crippen LogP contribution in [0.5, 0.6) is 0 Å². The van der Waals surface area contributed by atoms with Crippen molar-refractivity contribution in [2.45, 2.75) is 19.4 Å². The molecule has 2 aromatic heterocycles. The Hall–Kier alpha value is -3.68. The van der Waals surface area contributed by atoms with Crippen LogP contribution in [-0.2, 0) is 18.4 Å². The number of anilines is 2. The van der Waals surface area contributed by atoms with Crippen LogP contribution in [0, 0.1) is 0 Å². The highest BCUT2D eigenvalue weighted by Crippen LogP contribution is 2.26. The topological polar surface area (TPSA) is 72.2 Å². The van der Waals surface area contributed by atoms with Crippen molar-refractivity contribution in [1.29, 1.82) is 0 Å².